The van der Waals surface area contributed by atoms with Crippen molar-refractivity contribution >= 4 is 21.2 Å². The van der Waals surface area contributed by atoms with E-state index in [-0.39, 0.29) is 57.2 Å². The largest absolute Gasteiger partial charge is 0.503 e. The molecule has 2 aliphatic carbocycles. The number of rotatable bonds is 1. The van der Waals surface area contributed by atoms with Crippen molar-refractivity contribution in [2.75, 3.05) is 0 Å². The van der Waals surface area contributed by atoms with Crippen molar-refractivity contribution in [3.05, 3.63) is 73.9 Å². The van der Waals surface area contributed by atoms with E-state index in [0.717, 1.165) is 0 Å². The highest BCUT2D eigenvalue weighted by Crippen LogP contribution is 2.39. The van der Waals surface area contributed by atoms with E-state index in [1.54, 1.807) is 6.92 Å². The van der Waals surface area contributed by atoms with Gasteiger partial charge >= 0.3 is 5.51 Å². The van der Waals surface area contributed by atoms with Gasteiger partial charge in [0.1, 0.15) is 0 Å². The molecule has 0 amide bonds. The Labute approximate surface area is 212 Å². The normalized spacial score (nSPS) is 14.5. The second-order valence-corrected chi connectivity index (χ2v) is 10.1. The fourth-order valence-electron chi connectivity index (χ4n) is 4.71. The van der Waals surface area contributed by atoms with Crippen LogP contribution in [0, 0.1) is 42.7 Å². The Morgan fingerprint density at radius 2 is 1.39 bits per heavy atom. The number of halogens is 3. The molecule has 0 N–H and O–H groups in total. The molecule has 2 aromatic heterocycles. The molecule has 0 bridgehead atoms. The van der Waals surface area contributed by atoms with Crippen LogP contribution in [-0.2, 0) is 22.7 Å². The Balaban J connectivity index is 1.99. The number of benzene rings is 1. The number of nitriles is 2. The molecule has 14 heteroatoms. The average molecular weight is 530 g/mol. The van der Waals surface area contributed by atoms with Gasteiger partial charge in [-0.25, -0.2) is 33.6 Å². The van der Waals surface area contributed by atoms with Gasteiger partial charge in [0.2, 0.25) is 0 Å². The number of alkyl halides is 3. The van der Waals surface area contributed by atoms with Crippen LogP contribution < -0.4 is 10.4 Å². The summed E-state index contributed by atoms with van der Waals surface area (Å²) in [5, 5.41) is 18.5. The first-order valence-corrected chi connectivity index (χ1v) is 12.0. The standard InChI is InChI=1S/C24H9F3N8O2S/c1-10-8-32-22-13(34-10)4-11-18(15(6-28)30-2)21-12(19(20(11)22)16(7-29)31-3)5-14-23(21)33-9-17(35-14)38(36,37)24(25,26)27/h8-9H,4-5H2,1H3/b18-15+,19-16-. The highest BCUT2D eigenvalue weighted by molar-refractivity contribution is 7.92. The van der Waals surface area contributed by atoms with Crippen LogP contribution in [0.2, 0.25) is 0 Å². The molecular weight excluding hydrogens is 521 g/mol. The molecule has 3 aromatic rings. The van der Waals surface area contributed by atoms with E-state index < -0.39 is 20.4 Å². The number of fused-ring (bicyclic) bond motifs is 6. The Bertz CT molecular complexity index is 2010. The zero-order valence-electron chi connectivity index (χ0n) is 19.0. The summed E-state index contributed by atoms with van der Waals surface area (Å²) in [6.45, 7) is 16.9. The quantitative estimate of drug-likeness (QED) is 0.300. The number of aromatic nitrogens is 4. The first kappa shape index (κ1) is 24.5. The summed E-state index contributed by atoms with van der Waals surface area (Å²) >= 11 is 0. The zero-order valence-corrected chi connectivity index (χ0v) is 19.8. The lowest BCUT2D eigenvalue weighted by molar-refractivity contribution is -0.0438. The van der Waals surface area contributed by atoms with Crippen LogP contribution in [-0.4, -0.2) is 33.9 Å². The van der Waals surface area contributed by atoms with Crippen molar-refractivity contribution in [3.63, 3.8) is 0 Å². The third-order valence-electron chi connectivity index (χ3n) is 6.15. The molecule has 184 valence electrons. The predicted octanol–water partition coefficient (Wildman–Crippen LogP) is 2.11. The second-order valence-electron chi connectivity index (χ2n) is 8.21. The first-order valence-electron chi connectivity index (χ1n) is 10.5. The first-order chi connectivity index (χ1) is 18.0. The van der Waals surface area contributed by atoms with Crippen LogP contribution in [0.5, 0.6) is 0 Å². The van der Waals surface area contributed by atoms with Gasteiger partial charge in [-0.05, 0) is 18.1 Å². The minimum atomic E-state index is -5.81. The predicted molar refractivity (Wildman–Crippen MR) is 123 cm³/mol. The minimum absolute atomic E-state index is 0.0492. The topological polar surface area (TPSA) is 142 Å². The number of hydrogen-bond acceptors (Lipinski definition) is 8. The monoisotopic (exact) mass is 530 g/mol. The van der Waals surface area contributed by atoms with E-state index in [1.807, 2.05) is 12.1 Å². The Morgan fingerprint density at radius 3 is 1.84 bits per heavy atom. The van der Waals surface area contributed by atoms with Gasteiger partial charge in [0, 0.05) is 40.6 Å². The summed E-state index contributed by atoms with van der Waals surface area (Å²) in [7, 11) is -5.81. The number of hydrogen-bond donors (Lipinski definition) is 0. The van der Waals surface area contributed by atoms with Gasteiger partial charge in [-0.1, -0.05) is 0 Å². The fraction of sp³-hybridized carbons (Fsp3) is 0.167. The molecule has 0 unspecified atom stereocenters. The maximum atomic E-state index is 13.2. The SMILES string of the molecule is [C-]#[N+]/C(C#N)=c1/c2c(/c(=C(\C#N)[N+]#[C-])c3c1-c1ncc(C)nc1C3)-c1ncc(S(=O)(=O)C(F)(F)F)nc1C2. The van der Waals surface area contributed by atoms with Gasteiger partial charge in [-0.15, -0.1) is 0 Å². The van der Waals surface area contributed by atoms with Crippen molar-refractivity contribution in [3.8, 4) is 34.7 Å². The smallest absolute Gasteiger partial charge is 0.254 e. The van der Waals surface area contributed by atoms with Crippen LogP contribution in [0.25, 0.3) is 43.6 Å². The molecule has 2 aliphatic rings. The summed E-state index contributed by atoms with van der Waals surface area (Å²) < 4.78 is 63.5. The van der Waals surface area contributed by atoms with Gasteiger partial charge in [0.25, 0.3) is 21.2 Å². The molecule has 5 rings (SSSR count). The molecule has 1 aromatic carbocycles. The average Bonchev–Trinajstić information content (AvgIpc) is 3.43. The van der Waals surface area contributed by atoms with Crippen molar-refractivity contribution < 1.29 is 21.6 Å². The van der Waals surface area contributed by atoms with Crippen LogP contribution in [0.1, 0.15) is 28.2 Å². The molecule has 0 aliphatic heterocycles. The van der Waals surface area contributed by atoms with Gasteiger partial charge in [-0.2, -0.15) is 13.2 Å². The highest BCUT2D eigenvalue weighted by atomic mass is 32.2. The van der Waals surface area contributed by atoms with Crippen LogP contribution in [0.3, 0.4) is 0 Å². The van der Waals surface area contributed by atoms with E-state index in [0.29, 0.717) is 34.4 Å². The summed E-state index contributed by atoms with van der Waals surface area (Å²) in [5.41, 5.74) is -4.13. The van der Waals surface area contributed by atoms with Crippen LogP contribution in [0.15, 0.2) is 17.4 Å². The van der Waals surface area contributed by atoms with Crippen molar-refractivity contribution in [1.82, 2.24) is 19.9 Å². The lowest BCUT2D eigenvalue weighted by atomic mass is 9.92. The molecule has 0 saturated heterocycles. The van der Waals surface area contributed by atoms with Gasteiger partial charge in [0.15, 0.2) is 5.03 Å². The fourth-order valence-corrected chi connectivity index (χ4v) is 5.37. The highest BCUT2D eigenvalue weighted by Gasteiger charge is 2.48. The van der Waals surface area contributed by atoms with Crippen molar-refractivity contribution in [2.45, 2.75) is 30.3 Å². The van der Waals surface area contributed by atoms with Gasteiger partial charge in [-0.3, -0.25) is 15.0 Å². The Morgan fingerprint density at radius 1 is 0.921 bits per heavy atom. The molecule has 2 heterocycles. The summed E-state index contributed by atoms with van der Waals surface area (Å²) in [4.78, 5) is 23.3. The third-order valence-corrected chi connectivity index (χ3v) is 7.50. The maximum absolute atomic E-state index is 13.2. The zero-order chi connectivity index (χ0) is 27.6. The van der Waals surface area contributed by atoms with Crippen LogP contribution in [0.4, 0.5) is 13.2 Å². The molecular formula is C24H9F3N8O2S. The molecule has 10 nitrogen and oxygen atoms in total. The third kappa shape index (κ3) is 3.25. The minimum Gasteiger partial charge on any atom is -0.254 e. The lowest BCUT2D eigenvalue weighted by Crippen LogP contribution is -2.26. The van der Waals surface area contributed by atoms with Crippen molar-refractivity contribution in [1.29, 1.82) is 10.5 Å². The lowest BCUT2D eigenvalue weighted by Gasteiger charge is -2.12. The second kappa shape index (κ2) is 8.17. The molecule has 0 atom stereocenters. The Kier molecular flexibility index (Phi) is 5.27. The van der Waals surface area contributed by atoms with Crippen molar-refractivity contribution in [2.24, 2.45) is 0 Å². The summed E-state index contributed by atoms with van der Waals surface area (Å²) in [6, 6.07) is 3.65. The molecule has 0 fully saturated rings. The van der Waals surface area contributed by atoms with E-state index in [4.69, 9.17) is 13.1 Å². The van der Waals surface area contributed by atoms with Gasteiger partial charge < -0.3 is 0 Å². The number of sulfone groups is 1. The van der Waals surface area contributed by atoms with Crippen LogP contribution >= 0.6 is 0 Å². The molecule has 38 heavy (non-hydrogen) atoms. The number of aryl methyl sites for hydroxylation is 1. The molecule has 0 saturated carbocycles. The van der Waals surface area contributed by atoms with E-state index in [2.05, 4.69) is 29.6 Å². The number of nitrogens with zero attached hydrogens (tertiary/aromatic N) is 8. The Hall–Kier alpha value is -5.18. The molecule has 0 radical (unpaired) electrons. The maximum Gasteiger partial charge on any atom is 0.503 e. The van der Waals surface area contributed by atoms with Gasteiger partial charge in [0.05, 0.1) is 59.9 Å². The van der Waals surface area contributed by atoms with E-state index in [9.17, 15) is 32.1 Å². The van der Waals surface area contributed by atoms with E-state index in [1.165, 1.54) is 6.20 Å². The molecule has 0 spiro atoms. The van der Waals surface area contributed by atoms with E-state index >= 15 is 0 Å². The summed E-state index contributed by atoms with van der Waals surface area (Å²) in [6.07, 6.45) is 1.73. The summed E-state index contributed by atoms with van der Waals surface area (Å²) in [5.74, 6) is 0.